The van der Waals surface area contributed by atoms with E-state index >= 15 is 0 Å². The van der Waals surface area contributed by atoms with Crippen LogP contribution in [0.1, 0.15) is 20.7 Å². The van der Waals surface area contributed by atoms with Crippen molar-refractivity contribution in [3.8, 4) is 0 Å². The summed E-state index contributed by atoms with van der Waals surface area (Å²) in [6, 6.07) is 5.64. The van der Waals surface area contributed by atoms with Crippen molar-refractivity contribution in [1.29, 1.82) is 0 Å². The van der Waals surface area contributed by atoms with Crippen LogP contribution < -0.4 is 0 Å². The van der Waals surface area contributed by atoms with E-state index in [-0.39, 0.29) is 22.4 Å². The fourth-order valence-electron chi connectivity index (χ4n) is 0.867. The van der Waals surface area contributed by atoms with Gasteiger partial charge in [0.1, 0.15) is 0 Å². The van der Waals surface area contributed by atoms with E-state index in [1.165, 1.54) is 24.3 Å². The molecule has 0 unspecified atom stereocenters. The first-order valence-electron chi connectivity index (χ1n) is 3.57. The van der Waals surface area contributed by atoms with Gasteiger partial charge < -0.3 is 0 Å². The molecule has 0 radical (unpaired) electrons. The number of hydrogen-bond donors (Lipinski definition) is 1. The van der Waals surface area contributed by atoms with Gasteiger partial charge in [-0.3, -0.25) is 0 Å². The van der Waals surface area contributed by atoms with E-state index in [1.54, 1.807) is 0 Å². The molecular formula is C8H8GeO4. The molecule has 0 fully saturated rings. The van der Waals surface area contributed by atoms with E-state index in [2.05, 4.69) is 3.76 Å². The zero-order valence-electron chi connectivity index (χ0n) is 6.98. The number of carbonyl (C=O) groups is 2. The third-order valence-corrected chi connectivity index (χ3v) is 2.33. The van der Waals surface area contributed by atoms with Crippen LogP contribution in [0.4, 0.5) is 0 Å². The van der Waals surface area contributed by atoms with Gasteiger partial charge in [0.15, 0.2) is 0 Å². The molecule has 0 aliphatic carbocycles. The summed E-state index contributed by atoms with van der Waals surface area (Å²) >= 11 is 0.00948. The summed E-state index contributed by atoms with van der Waals surface area (Å²) in [5, 5.41) is 8.56. The van der Waals surface area contributed by atoms with Crippen molar-refractivity contribution >= 4 is 28.8 Å². The van der Waals surface area contributed by atoms with Gasteiger partial charge in [-0.1, -0.05) is 0 Å². The predicted molar refractivity (Wildman–Crippen MR) is 48.8 cm³/mol. The minimum atomic E-state index is -1.01. The SMILES string of the molecule is O=C(O)c1ccc(C(=O)[O][GeH3])cc1. The van der Waals surface area contributed by atoms with Crippen LogP contribution in [0.15, 0.2) is 24.3 Å². The fourth-order valence-corrected chi connectivity index (χ4v) is 1.36. The molecule has 5 heteroatoms. The molecule has 0 aliphatic heterocycles. The third-order valence-electron chi connectivity index (χ3n) is 1.55. The Morgan fingerprint density at radius 1 is 1.15 bits per heavy atom. The van der Waals surface area contributed by atoms with Gasteiger partial charge >= 0.3 is 82.6 Å². The second-order valence-electron chi connectivity index (χ2n) is 2.37. The zero-order chi connectivity index (χ0) is 9.84. The molecule has 0 saturated heterocycles. The number of carboxylic acids is 1. The normalized spacial score (nSPS) is 9.54. The van der Waals surface area contributed by atoms with Gasteiger partial charge in [-0.05, 0) is 0 Å². The Balaban J connectivity index is 2.93. The number of carboxylic acid groups (broad SMARTS) is 1. The van der Waals surface area contributed by atoms with Crippen molar-refractivity contribution < 1.29 is 18.5 Å². The van der Waals surface area contributed by atoms with Crippen LogP contribution in [0.2, 0.25) is 0 Å². The number of hydrogen-bond acceptors (Lipinski definition) is 3. The molecule has 1 N–H and O–H groups in total. The van der Waals surface area contributed by atoms with Crippen LogP contribution in [0, 0.1) is 0 Å². The van der Waals surface area contributed by atoms with Crippen LogP contribution in [-0.2, 0) is 3.76 Å². The Morgan fingerprint density at radius 2 is 1.62 bits per heavy atom. The first-order chi connectivity index (χ1) is 6.15. The molecule has 1 aromatic carbocycles. The van der Waals surface area contributed by atoms with Crippen LogP contribution >= 0.6 is 0 Å². The summed E-state index contributed by atoms with van der Waals surface area (Å²) in [5.74, 6) is -1.40. The standard InChI is InChI=1S/C8H8GeO4/c9-13-8(12)6-3-1-5(2-4-6)7(10)11/h1-4H,9H3,(H,10,11). The van der Waals surface area contributed by atoms with Gasteiger partial charge in [0.2, 0.25) is 0 Å². The Bertz CT molecular complexity index is 331. The number of rotatable bonds is 2. The van der Waals surface area contributed by atoms with Gasteiger partial charge in [-0.25, -0.2) is 0 Å². The summed E-state index contributed by atoms with van der Waals surface area (Å²) in [6.45, 7) is 0. The van der Waals surface area contributed by atoms with Crippen LogP contribution in [0.5, 0.6) is 0 Å². The van der Waals surface area contributed by atoms with Crippen LogP contribution in [0.3, 0.4) is 0 Å². The fraction of sp³-hybridized carbons (Fsp3) is 0. The quantitative estimate of drug-likeness (QED) is 0.729. The minimum absolute atomic E-state index is 0.00948. The predicted octanol–water partition coefficient (Wildman–Crippen LogP) is -0.178. The molecule has 68 valence electrons. The van der Waals surface area contributed by atoms with E-state index < -0.39 is 11.9 Å². The molecule has 0 bridgehead atoms. The number of aromatic carboxylic acids is 1. The van der Waals surface area contributed by atoms with Gasteiger partial charge in [0.05, 0.1) is 0 Å². The topological polar surface area (TPSA) is 63.6 Å². The summed E-state index contributed by atoms with van der Waals surface area (Å²) in [4.78, 5) is 21.4. The molecule has 0 atom stereocenters. The zero-order valence-corrected chi connectivity index (χ0v) is 11.2. The summed E-state index contributed by atoms with van der Waals surface area (Å²) < 4.78 is 4.64. The van der Waals surface area contributed by atoms with Crippen molar-refractivity contribution in [3.05, 3.63) is 35.4 Å². The summed E-state index contributed by atoms with van der Waals surface area (Å²) in [7, 11) is 0. The van der Waals surface area contributed by atoms with E-state index in [9.17, 15) is 9.59 Å². The number of benzene rings is 1. The van der Waals surface area contributed by atoms with Crippen LogP contribution in [0.25, 0.3) is 0 Å². The van der Waals surface area contributed by atoms with Crippen LogP contribution in [-0.4, -0.2) is 33.9 Å². The Morgan fingerprint density at radius 3 is 2.00 bits per heavy atom. The molecule has 0 spiro atoms. The molecular weight excluding hydrogens is 233 g/mol. The molecule has 0 amide bonds. The first-order valence-corrected chi connectivity index (χ1v) is 5.28. The average molecular weight is 241 g/mol. The average Bonchev–Trinajstić information content (AvgIpc) is 2.17. The molecule has 0 aromatic heterocycles. The van der Waals surface area contributed by atoms with E-state index in [4.69, 9.17) is 5.11 Å². The number of carbonyl (C=O) groups excluding carboxylic acids is 1. The molecule has 1 aromatic rings. The molecule has 0 aliphatic rings. The van der Waals surface area contributed by atoms with Crippen molar-refractivity contribution in [2.75, 3.05) is 0 Å². The maximum atomic E-state index is 11.0. The first kappa shape index (κ1) is 9.79. The molecule has 0 heterocycles. The Labute approximate surface area is 83.1 Å². The monoisotopic (exact) mass is 242 g/mol. The van der Waals surface area contributed by atoms with E-state index in [0.29, 0.717) is 5.56 Å². The maximum absolute atomic E-state index is 11.0. The van der Waals surface area contributed by atoms with E-state index in [0.717, 1.165) is 0 Å². The summed E-state index contributed by atoms with van der Waals surface area (Å²) in [6.07, 6.45) is 0. The van der Waals surface area contributed by atoms with Gasteiger partial charge in [-0.2, -0.15) is 0 Å². The van der Waals surface area contributed by atoms with Gasteiger partial charge in [-0.15, -0.1) is 0 Å². The van der Waals surface area contributed by atoms with Crippen molar-refractivity contribution in [1.82, 2.24) is 0 Å². The molecule has 1 rings (SSSR count). The second kappa shape index (κ2) is 4.09. The van der Waals surface area contributed by atoms with Crippen molar-refractivity contribution in [3.63, 3.8) is 0 Å². The van der Waals surface area contributed by atoms with Crippen molar-refractivity contribution in [2.24, 2.45) is 0 Å². The molecule has 4 nitrogen and oxygen atoms in total. The Kier molecular flexibility index (Phi) is 3.08. The second-order valence-corrected chi connectivity index (χ2v) is 3.23. The van der Waals surface area contributed by atoms with Gasteiger partial charge in [0, 0.05) is 0 Å². The summed E-state index contributed by atoms with van der Waals surface area (Å²) in [5.41, 5.74) is 0.548. The van der Waals surface area contributed by atoms with Gasteiger partial charge in [0.25, 0.3) is 0 Å². The molecule has 13 heavy (non-hydrogen) atoms. The Hall–Kier alpha value is -1.30. The third kappa shape index (κ3) is 2.32. The van der Waals surface area contributed by atoms with Crippen molar-refractivity contribution in [2.45, 2.75) is 0 Å². The van der Waals surface area contributed by atoms with E-state index in [1.807, 2.05) is 0 Å². The molecule has 0 saturated carbocycles.